The Bertz CT molecular complexity index is 1140. The van der Waals surface area contributed by atoms with Gasteiger partial charge in [-0.3, -0.25) is 9.79 Å². The molecule has 7 nitrogen and oxygen atoms in total. The molecule has 2 aromatic rings. The number of aliphatic imine (C=N–C) groups is 1. The molecule has 1 saturated carbocycles. The van der Waals surface area contributed by atoms with Gasteiger partial charge in [0.15, 0.2) is 5.70 Å². The normalized spacial score (nSPS) is 23.9. The molecule has 4 rings (SSSR count). The zero-order valence-electron chi connectivity index (χ0n) is 18.8. The lowest BCUT2D eigenvalue weighted by Crippen LogP contribution is -2.46. The van der Waals surface area contributed by atoms with Crippen molar-refractivity contribution in [2.24, 2.45) is 16.6 Å². The number of fused-ring (bicyclic) bond motifs is 1. The average molecular weight is 497 g/mol. The summed E-state index contributed by atoms with van der Waals surface area (Å²) in [6, 6.07) is 2.07. The van der Waals surface area contributed by atoms with Gasteiger partial charge in [-0.2, -0.15) is 13.2 Å². The summed E-state index contributed by atoms with van der Waals surface area (Å²) in [7, 11) is 0. The number of thiazole rings is 1. The van der Waals surface area contributed by atoms with Crippen molar-refractivity contribution in [2.75, 3.05) is 11.5 Å². The van der Waals surface area contributed by atoms with E-state index in [4.69, 9.17) is 10.7 Å². The molecular weight excluding hydrogens is 469 g/mol. The number of nitrogens with zero attached hydrogens (tertiary/aromatic N) is 3. The number of aliphatic hydroxyl groups excluding tert-OH is 1. The summed E-state index contributed by atoms with van der Waals surface area (Å²) in [4.78, 5) is 21.4. The van der Waals surface area contributed by atoms with Crippen LogP contribution in [0.5, 0.6) is 0 Å². The van der Waals surface area contributed by atoms with Crippen LogP contribution in [0, 0.1) is 5.92 Å². The number of amides is 1. The van der Waals surface area contributed by atoms with Crippen molar-refractivity contribution in [3.8, 4) is 0 Å². The molecule has 11 heteroatoms. The number of hydrogen-bond donors (Lipinski definition) is 3. The molecule has 0 bridgehead atoms. The van der Waals surface area contributed by atoms with Gasteiger partial charge >= 0.3 is 6.18 Å². The van der Waals surface area contributed by atoms with Crippen LogP contribution in [0.25, 0.3) is 10.2 Å². The van der Waals surface area contributed by atoms with Crippen molar-refractivity contribution >= 4 is 39.4 Å². The Balaban J connectivity index is 1.81. The summed E-state index contributed by atoms with van der Waals surface area (Å²) in [5, 5.41) is 21.2. The topological polar surface area (TPSA) is 112 Å². The molecule has 0 saturated heterocycles. The number of rotatable bonds is 5. The third-order valence-electron chi connectivity index (χ3n) is 6.41. The molecule has 0 spiro atoms. The van der Waals surface area contributed by atoms with Crippen LogP contribution in [0.4, 0.5) is 18.9 Å². The number of carbonyl (C=O) groups excluding carboxylic acids is 1. The Hall–Kier alpha value is -2.50. The molecule has 1 atom stereocenters. The summed E-state index contributed by atoms with van der Waals surface area (Å²) in [6.45, 7) is 3.22. The van der Waals surface area contributed by atoms with Crippen LogP contribution in [0.3, 0.4) is 0 Å². The second kappa shape index (κ2) is 8.94. The van der Waals surface area contributed by atoms with Crippen LogP contribution >= 0.6 is 11.3 Å². The first-order valence-electron chi connectivity index (χ1n) is 11.1. The average Bonchev–Trinajstić information content (AvgIpc) is 3.20. The molecule has 2 heterocycles. The van der Waals surface area contributed by atoms with Gasteiger partial charge in [-0.05, 0) is 57.6 Å². The SMILES string of the molecule is CC(C)(O)c1cc2nc(C3CCC(CO)CC3)sc2cc1N1C=C(C(F)(F)F)N=CC1C(N)=O. The Kier molecular flexibility index (Phi) is 6.47. The third kappa shape index (κ3) is 4.82. The van der Waals surface area contributed by atoms with Gasteiger partial charge in [-0.1, -0.05) is 0 Å². The molecule has 1 aliphatic heterocycles. The number of benzene rings is 1. The number of aliphatic hydroxyl groups is 2. The summed E-state index contributed by atoms with van der Waals surface area (Å²) >= 11 is 1.45. The van der Waals surface area contributed by atoms with Crippen molar-refractivity contribution in [2.45, 2.75) is 63.3 Å². The fourth-order valence-electron chi connectivity index (χ4n) is 4.50. The number of halogens is 3. The number of carbonyl (C=O) groups is 1. The lowest BCUT2D eigenvalue weighted by molar-refractivity contribution is -0.118. The summed E-state index contributed by atoms with van der Waals surface area (Å²) in [5.74, 6) is -0.319. The standard InChI is InChI=1S/C23H27F3N4O3S/c1-22(2,33)14-7-15-18(34-21(29-15)13-5-3-12(11-31)4-6-13)8-16(14)30-10-19(23(24,25)26)28-9-17(30)20(27)32/h7-10,12-13,17,31,33H,3-6,11H2,1-2H3,(H2,27,32). The summed E-state index contributed by atoms with van der Waals surface area (Å²) < 4.78 is 41.0. The second-order valence-electron chi connectivity index (χ2n) is 9.39. The molecule has 4 N–H and O–H groups in total. The van der Waals surface area contributed by atoms with Crippen LogP contribution in [-0.4, -0.2) is 46.1 Å². The van der Waals surface area contributed by atoms with E-state index in [1.807, 2.05) is 0 Å². The number of anilines is 1. The minimum atomic E-state index is -4.72. The lowest BCUT2D eigenvalue weighted by Gasteiger charge is -2.33. The van der Waals surface area contributed by atoms with E-state index < -0.39 is 29.4 Å². The molecule has 1 aliphatic carbocycles. The smallest absolute Gasteiger partial charge is 0.396 e. The minimum Gasteiger partial charge on any atom is -0.396 e. The third-order valence-corrected chi connectivity index (χ3v) is 7.59. The molecule has 1 aromatic carbocycles. The largest absolute Gasteiger partial charge is 0.434 e. The van der Waals surface area contributed by atoms with E-state index in [1.165, 1.54) is 25.2 Å². The Morgan fingerprint density at radius 1 is 1.24 bits per heavy atom. The van der Waals surface area contributed by atoms with Crippen molar-refractivity contribution < 1.29 is 28.2 Å². The molecule has 1 amide bonds. The first-order chi connectivity index (χ1) is 15.9. The van der Waals surface area contributed by atoms with E-state index in [0.29, 0.717) is 17.0 Å². The molecule has 1 unspecified atom stereocenters. The highest BCUT2D eigenvalue weighted by molar-refractivity contribution is 7.18. The van der Waals surface area contributed by atoms with Gasteiger partial charge in [0, 0.05) is 36.2 Å². The van der Waals surface area contributed by atoms with E-state index in [1.54, 1.807) is 12.1 Å². The van der Waals surface area contributed by atoms with Crippen molar-refractivity contribution in [1.82, 2.24) is 4.98 Å². The molecule has 0 radical (unpaired) electrons. The zero-order valence-corrected chi connectivity index (χ0v) is 19.7. The maximum absolute atomic E-state index is 13.4. The molecular formula is C23H27F3N4O3S. The quantitative estimate of drug-likeness (QED) is 0.581. The van der Waals surface area contributed by atoms with Crippen LogP contribution in [-0.2, 0) is 10.4 Å². The molecule has 2 aliphatic rings. The first kappa shape index (κ1) is 24.6. The van der Waals surface area contributed by atoms with Gasteiger partial charge in [0.1, 0.15) is 6.04 Å². The highest BCUT2D eigenvalue weighted by atomic mass is 32.1. The number of aromatic nitrogens is 1. The van der Waals surface area contributed by atoms with Gasteiger partial charge in [0.2, 0.25) is 5.91 Å². The van der Waals surface area contributed by atoms with E-state index in [0.717, 1.165) is 52.7 Å². The fourth-order valence-corrected chi connectivity index (χ4v) is 5.65. The Morgan fingerprint density at radius 3 is 2.47 bits per heavy atom. The van der Waals surface area contributed by atoms with Crippen molar-refractivity contribution in [3.05, 3.63) is 34.6 Å². The molecule has 184 valence electrons. The zero-order chi connectivity index (χ0) is 24.8. The monoisotopic (exact) mass is 496 g/mol. The van der Waals surface area contributed by atoms with Gasteiger partial charge in [0.05, 0.1) is 20.8 Å². The van der Waals surface area contributed by atoms with Crippen LogP contribution in [0.1, 0.15) is 56.0 Å². The number of allylic oxidation sites excluding steroid dienone is 1. The molecule has 1 aromatic heterocycles. The molecule has 34 heavy (non-hydrogen) atoms. The van der Waals surface area contributed by atoms with Crippen LogP contribution in [0.2, 0.25) is 0 Å². The highest BCUT2D eigenvalue weighted by Crippen LogP contribution is 2.43. The lowest BCUT2D eigenvalue weighted by atomic mass is 9.83. The first-order valence-corrected chi connectivity index (χ1v) is 11.9. The van der Waals surface area contributed by atoms with Gasteiger partial charge in [-0.15, -0.1) is 11.3 Å². The maximum Gasteiger partial charge on any atom is 0.434 e. The number of alkyl halides is 3. The van der Waals surface area contributed by atoms with E-state index in [-0.39, 0.29) is 18.2 Å². The number of nitrogens with two attached hydrogens (primary N) is 1. The Labute approximate surface area is 198 Å². The predicted molar refractivity (Wildman–Crippen MR) is 125 cm³/mol. The van der Waals surface area contributed by atoms with E-state index in [2.05, 4.69) is 4.99 Å². The molecule has 1 fully saturated rings. The maximum atomic E-state index is 13.4. The van der Waals surface area contributed by atoms with Gasteiger partial charge in [0.25, 0.3) is 0 Å². The minimum absolute atomic E-state index is 0.179. The van der Waals surface area contributed by atoms with E-state index in [9.17, 15) is 28.2 Å². The summed E-state index contributed by atoms with van der Waals surface area (Å²) in [5.41, 5.74) is 4.05. The van der Waals surface area contributed by atoms with Crippen LogP contribution in [0.15, 0.2) is 29.0 Å². The van der Waals surface area contributed by atoms with Gasteiger partial charge in [-0.25, -0.2) is 4.98 Å². The summed E-state index contributed by atoms with van der Waals surface area (Å²) in [6.07, 6.45) is 0.540. The predicted octanol–water partition coefficient (Wildman–Crippen LogP) is 3.94. The van der Waals surface area contributed by atoms with Crippen LogP contribution < -0.4 is 10.6 Å². The fraction of sp³-hybridized carbons (Fsp3) is 0.522. The van der Waals surface area contributed by atoms with Gasteiger partial charge < -0.3 is 20.8 Å². The van der Waals surface area contributed by atoms with E-state index >= 15 is 0 Å². The highest BCUT2D eigenvalue weighted by Gasteiger charge is 2.39. The van der Waals surface area contributed by atoms with Crippen molar-refractivity contribution in [3.63, 3.8) is 0 Å². The van der Waals surface area contributed by atoms with Crippen molar-refractivity contribution in [1.29, 1.82) is 0 Å². The number of hydrogen-bond acceptors (Lipinski definition) is 7. The Morgan fingerprint density at radius 2 is 1.91 bits per heavy atom. The second-order valence-corrected chi connectivity index (χ2v) is 10.5. The number of primary amides is 1.